The van der Waals surface area contributed by atoms with Crippen molar-refractivity contribution in [1.82, 2.24) is 10.2 Å². The maximum absolute atomic E-state index is 12.9. The van der Waals surface area contributed by atoms with E-state index >= 15 is 0 Å². The van der Waals surface area contributed by atoms with Gasteiger partial charge in [-0.3, -0.25) is 9.59 Å². The number of piperazine rings is 1. The summed E-state index contributed by atoms with van der Waals surface area (Å²) in [5, 5.41) is 2.89. The van der Waals surface area contributed by atoms with Crippen molar-refractivity contribution >= 4 is 11.8 Å². The molecule has 0 aromatic carbocycles. The Kier molecular flexibility index (Phi) is 3.87. The highest BCUT2D eigenvalue weighted by Gasteiger charge is 2.51. The molecule has 1 N–H and O–H groups in total. The monoisotopic (exact) mass is 280 g/mol. The van der Waals surface area contributed by atoms with Crippen LogP contribution in [0.2, 0.25) is 0 Å². The quantitative estimate of drug-likeness (QED) is 0.843. The van der Waals surface area contributed by atoms with E-state index in [1.807, 2.05) is 18.7 Å². The molecule has 0 spiro atoms. The number of amides is 2. The summed E-state index contributed by atoms with van der Waals surface area (Å²) < 4.78 is 0. The molecule has 4 heteroatoms. The second-order valence-corrected chi connectivity index (χ2v) is 7.50. The summed E-state index contributed by atoms with van der Waals surface area (Å²) >= 11 is 0. The van der Waals surface area contributed by atoms with Crippen molar-refractivity contribution in [3.05, 3.63) is 0 Å². The molecule has 0 aromatic rings. The SMILES string of the molecule is CC(C)C1C(=O)NC(C)(C)C(=O)N1C1CCC(C)C1C. The summed E-state index contributed by atoms with van der Waals surface area (Å²) in [6.45, 7) is 12.1. The molecule has 1 saturated carbocycles. The van der Waals surface area contributed by atoms with E-state index in [9.17, 15) is 9.59 Å². The Labute approximate surface area is 122 Å². The first-order valence-corrected chi connectivity index (χ1v) is 7.81. The molecule has 1 aliphatic carbocycles. The summed E-state index contributed by atoms with van der Waals surface area (Å²) in [6, 6.07) is -0.122. The number of carbonyl (C=O) groups excluding carboxylic acids is 2. The lowest BCUT2D eigenvalue weighted by Crippen LogP contribution is -2.71. The second kappa shape index (κ2) is 5.05. The summed E-state index contributed by atoms with van der Waals surface area (Å²) in [5.41, 5.74) is -0.784. The zero-order chi connectivity index (χ0) is 15.2. The van der Waals surface area contributed by atoms with Crippen LogP contribution in [-0.2, 0) is 9.59 Å². The molecule has 4 atom stereocenters. The van der Waals surface area contributed by atoms with Crippen molar-refractivity contribution in [2.24, 2.45) is 17.8 Å². The van der Waals surface area contributed by atoms with Gasteiger partial charge in [0.1, 0.15) is 11.6 Å². The fourth-order valence-electron chi connectivity index (χ4n) is 3.72. The molecule has 2 fully saturated rings. The van der Waals surface area contributed by atoms with Crippen LogP contribution >= 0.6 is 0 Å². The van der Waals surface area contributed by atoms with Crippen LogP contribution in [0.1, 0.15) is 54.4 Å². The van der Waals surface area contributed by atoms with E-state index in [-0.39, 0.29) is 29.8 Å². The molecule has 1 heterocycles. The van der Waals surface area contributed by atoms with Gasteiger partial charge in [0.25, 0.3) is 0 Å². The van der Waals surface area contributed by atoms with Crippen LogP contribution in [0.4, 0.5) is 0 Å². The maximum Gasteiger partial charge on any atom is 0.248 e. The van der Waals surface area contributed by atoms with Gasteiger partial charge in [0, 0.05) is 6.04 Å². The van der Waals surface area contributed by atoms with Gasteiger partial charge >= 0.3 is 0 Å². The van der Waals surface area contributed by atoms with Crippen LogP contribution in [0.3, 0.4) is 0 Å². The minimum atomic E-state index is -0.784. The number of carbonyl (C=O) groups is 2. The Morgan fingerprint density at radius 1 is 1.20 bits per heavy atom. The molecule has 114 valence electrons. The number of hydrogen-bond acceptors (Lipinski definition) is 2. The van der Waals surface area contributed by atoms with Crippen LogP contribution in [0, 0.1) is 17.8 Å². The van der Waals surface area contributed by atoms with E-state index < -0.39 is 5.54 Å². The van der Waals surface area contributed by atoms with Gasteiger partial charge in [0.15, 0.2) is 0 Å². The minimum absolute atomic E-state index is 0.00338. The summed E-state index contributed by atoms with van der Waals surface area (Å²) in [5.74, 6) is 1.28. The van der Waals surface area contributed by atoms with Crippen LogP contribution in [0.15, 0.2) is 0 Å². The Balaban J connectivity index is 2.38. The highest BCUT2D eigenvalue weighted by Crippen LogP contribution is 2.38. The number of rotatable bonds is 2. The largest absolute Gasteiger partial charge is 0.340 e. The smallest absolute Gasteiger partial charge is 0.248 e. The van der Waals surface area contributed by atoms with Crippen LogP contribution in [-0.4, -0.2) is 34.3 Å². The van der Waals surface area contributed by atoms with E-state index in [4.69, 9.17) is 0 Å². The van der Waals surface area contributed by atoms with E-state index in [2.05, 4.69) is 19.2 Å². The van der Waals surface area contributed by atoms with E-state index in [0.29, 0.717) is 11.8 Å². The van der Waals surface area contributed by atoms with Crippen molar-refractivity contribution in [3.63, 3.8) is 0 Å². The number of nitrogens with one attached hydrogen (secondary N) is 1. The number of hydrogen-bond donors (Lipinski definition) is 1. The summed E-state index contributed by atoms with van der Waals surface area (Å²) in [4.78, 5) is 27.2. The van der Waals surface area contributed by atoms with Crippen molar-refractivity contribution in [2.75, 3.05) is 0 Å². The molecule has 4 nitrogen and oxygen atoms in total. The van der Waals surface area contributed by atoms with Crippen molar-refractivity contribution < 1.29 is 9.59 Å². The zero-order valence-corrected chi connectivity index (χ0v) is 13.6. The van der Waals surface area contributed by atoms with E-state index in [1.54, 1.807) is 13.8 Å². The predicted molar refractivity (Wildman–Crippen MR) is 79.0 cm³/mol. The third-order valence-corrected chi connectivity index (χ3v) is 5.18. The minimum Gasteiger partial charge on any atom is -0.340 e. The van der Waals surface area contributed by atoms with Crippen molar-refractivity contribution in [3.8, 4) is 0 Å². The second-order valence-electron chi connectivity index (χ2n) is 7.50. The highest BCUT2D eigenvalue weighted by molar-refractivity contribution is 5.99. The first-order chi connectivity index (χ1) is 9.16. The lowest BCUT2D eigenvalue weighted by Gasteiger charge is -2.48. The topological polar surface area (TPSA) is 49.4 Å². The van der Waals surface area contributed by atoms with Gasteiger partial charge in [0.05, 0.1) is 0 Å². The molecule has 20 heavy (non-hydrogen) atoms. The first kappa shape index (κ1) is 15.3. The van der Waals surface area contributed by atoms with Crippen molar-refractivity contribution in [2.45, 2.75) is 72.0 Å². The fourth-order valence-corrected chi connectivity index (χ4v) is 3.72. The van der Waals surface area contributed by atoms with Crippen LogP contribution in [0.5, 0.6) is 0 Å². The van der Waals surface area contributed by atoms with Gasteiger partial charge in [-0.1, -0.05) is 27.7 Å². The van der Waals surface area contributed by atoms with E-state index in [1.165, 1.54) is 0 Å². The van der Waals surface area contributed by atoms with Gasteiger partial charge in [-0.2, -0.15) is 0 Å². The molecule has 0 aromatic heterocycles. The predicted octanol–water partition coefficient (Wildman–Crippen LogP) is 2.18. The van der Waals surface area contributed by atoms with Gasteiger partial charge < -0.3 is 10.2 Å². The molecular weight excluding hydrogens is 252 g/mol. The number of nitrogens with zero attached hydrogens (tertiary/aromatic N) is 1. The van der Waals surface area contributed by atoms with Gasteiger partial charge in [0.2, 0.25) is 11.8 Å². The summed E-state index contributed by atoms with van der Waals surface area (Å²) in [7, 11) is 0. The molecular formula is C16H28N2O2. The zero-order valence-electron chi connectivity index (χ0n) is 13.6. The lowest BCUT2D eigenvalue weighted by molar-refractivity contribution is -0.159. The normalized spacial score (nSPS) is 37.5. The molecule has 1 aliphatic heterocycles. The molecule has 2 rings (SSSR count). The Hall–Kier alpha value is -1.06. The molecule has 1 saturated heterocycles. The van der Waals surface area contributed by atoms with Gasteiger partial charge in [-0.15, -0.1) is 0 Å². The maximum atomic E-state index is 12.9. The first-order valence-electron chi connectivity index (χ1n) is 7.81. The third-order valence-electron chi connectivity index (χ3n) is 5.18. The van der Waals surface area contributed by atoms with Gasteiger partial charge in [-0.05, 0) is 44.4 Å². The van der Waals surface area contributed by atoms with Crippen LogP contribution < -0.4 is 5.32 Å². The molecule has 2 aliphatic rings. The third kappa shape index (κ3) is 2.33. The molecule has 2 amide bonds. The highest BCUT2D eigenvalue weighted by atomic mass is 16.2. The molecule has 0 radical (unpaired) electrons. The van der Waals surface area contributed by atoms with E-state index in [0.717, 1.165) is 12.8 Å². The fraction of sp³-hybridized carbons (Fsp3) is 0.875. The molecule has 0 bridgehead atoms. The molecule has 4 unspecified atom stereocenters. The standard InChI is InChI=1S/C16H28N2O2/c1-9(2)13-14(19)17-16(5,6)15(20)18(13)12-8-7-10(3)11(12)4/h9-13H,7-8H2,1-6H3,(H,17,19). The van der Waals surface area contributed by atoms with Gasteiger partial charge in [-0.25, -0.2) is 0 Å². The lowest BCUT2D eigenvalue weighted by atomic mass is 9.87. The Morgan fingerprint density at radius 3 is 2.25 bits per heavy atom. The Bertz CT molecular complexity index is 417. The summed E-state index contributed by atoms with van der Waals surface area (Å²) in [6.07, 6.45) is 2.16. The van der Waals surface area contributed by atoms with Crippen molar-refractivity contribution in [1.29, 1.82) is 0 Å². The van der Waals surface area contributed by atoms with Crippen LogP contribution in [0.25, 0.3) is 0 Å². The Morgan fingerprint density at radius 2 is 1.80 bits per heavy atom. The average molecular weight is 280 g/mol. The average Bonchev–Trinajstić information content (AvgIpc) is 2.63.